The van der Waals surface area contributed by atoms with Crippen molar-refractivity contribution in [1.29, 1.82) is 0 Å². The molecule has 122 valence electrons. The second-order valence-electron chi connectivity index (χ2n) is 5.18. The lowest BCUT2D eigenvalue weighted by Gasteiger charge is -2.07. The SMILES string of the molecule is O=C(CNC(=O)c1ccc(-n2cccc2)cc1)NCc1ccco1. The molecule has 6 nitrogen and oxygen atoms in total. The average molecular weight is 323 g/mol. The van der Waals surface area contributed by atoms with Crippen LogP contribution in [0.2, 0.25) is 0 Å². The van der Waals surface area contributed by atoms with Crippen LogP contribution in [0, 0.1) is 0 Å². The second kappa shape index (κ2) is 7.32. The molecule has 0 aliphatic heterocycles. The maximum atomic E-state index is 12.1. The molecular weight excluding hydrogens is 306 g/mol. The molecule has 0 aliphatic rings. The minimum absolute atomic E-state index is 0.0844. The molecule has 0 fully saturated rings. The van der Waals surface area contributed by atoms with Crippen LogP contribution in [0.25, 0.3) is 5.69 Å². The van der Waals surface area contributed by atoms with Crippen LogP contribution >= 0.6 is 0 Å². The third-order valence-electron chi connectivity index (χ3n) is 3.48. The van der Waals surface area contributed by atoms with Gasteiger partial charge in [0.15, 0.2) is 0 Å². The molecule has 0 spiro atoms. The van der Waals surface area contributed by atoms with E-state index in [-0.39, 0.29) is 18.4 Å². The van der Waals surface area contributed by atoms with Crippen LogP contribution in [-0.2, 0) is 11.3 Å². The quantitative estimate of drug-likeness (QED) is 0.729. The fraction of sp³-hybridized carbons (Fsp3) is 0.111. The summed E-state index contributed by atoms with van der Waals surface area (Å²) in [6, 6.07) is 14.5. The largest absolute Gasteiger partial charge is 0.467 e. The molecule has 2 amide bonds. The smallest absolute Gasteiger partial charge is 0.251 e. The van der Waals surface area contributed by atoms with Crippen molar-refractivity contribution in [2.75, 3.05) is 6.54 Å². The van der Waals surface area contributed by atoms with Gasteiger partial charge in [-0.25, -0.2) is 0 Å². The molecule has 0 radical (unpaired) electrons. The highest BCUT2D eigenvalue weighted by molar-refractivity contribution is 5.96. The molecule has 2 heterocycles. The summed E-state index contributed by atoms with van der Waals surface area (Å²) in [5, 5.41) is 5.26. The van der Waals surface area contributed by atoms with Crippen LogP contribution in [0.15, 0.2) is 71.6 Å². The molecule has 0 saturated carbocycles. The van der Waals surface area contributed by atoms with E-state index in [4.69, 9.17) is 4.42 Å². The van der Waals surface area contributed by atoms with Crippen molar-refractivity contribution in [3.63, 3.8) is 0 Å². The molecule has 2 aromatic heterocycles. The molecule has 0 unspecified atom stereocenters. The van der Waals surface area contributed by atoms with Crippen molar-refractivity contribution in [2.45, 2.75) is 6.54 Å². The molecule has 24 heavy (non-hydrogen) atoms. The first-order valence-electron chi connectivity index (χ1n) is 7.53. The second-order valence-corrected chi connectivity index (χ2v) is 5.18. The van der Waals surface area contributed by atoms with E-state index in [0.717, 1.165) is 5.69 Å². The highest BCUT2D eigenvalue weighted by Gasteiger charge is 2.08. The predicted molar refractivity (Wildman–Crippen MR) is 88.7 cm³/mol. The van der Waals surface area contributed by atoms with E-state index >= 15 is 0 Å². The van der Waals surface area contributed by atoms with Gasteiger partial charge in [-0.15, -0.1) is 0 Å². The molecule has 0 saturated heterocycles. The minimum Gasteiger partial charge on any atom is -0.467 e. The summed E-state index contributed by atoms with van der Waals surface area (Å²) in [5.74, 6) is 0.0983. The van der Waals surface area contributed by atoms with Crippen LogP contribution in [0.4, 0.5) is 0 Å². The fourth-order valence-corrected chi connectivity index (χ4v) is 2.22. The number of furan rings is 1. The number of carbonyl (C=O) groups excluding carboxylic acids is 2. The van der Waals surface area contributed by atoms with Crippen LogP contribution < -0.4 is 10.6 Å². The van der Waals surface area contributed by atoms with Gasteiger partial charge in [0.05, 0.1) is 19.4 Å². The van der Waals surface area contributed by atoms with Gasteiger partial charge in [0.2, 0.25) is 5.91 Å². The molecule has 0 atom stereocenters. The standard InChI is InChI=1S/C18H17N3O3/c22-17(19-12-16-4-3-11-24-16)13-20-18(23)14-5-7-15(8-6-14)21-9-1-2-10-21/h1-11H,12-13H2,(H,19,22)(H,20,23). The Kier molecular flexibility index (Phi) is 4.76. The molecule has 0 aliphatic carbocycles. The summed E-state index contributed by atoms with van der Waals surface area (Å²) < 4.78 is 7.06. The first-order chi connectivity index (χ1) is 11.7. The normalized spacial score (nSPS) is 10.3. The first-order valence-corrected chi connectivity index (χ1v) is 7.53. The number of hydrogen-bond donors (Lipinski definition) is 2. The number of carbonyl (C=O) groups is 2. The Morgan fingerprint density at radius 3 is 2.38 bits per heavy atom. The predicted octanol–water partition coefficient (Wildman–Crippen LogP) is 2.12. The number of hydrogen-bond acceptors (Lipinski definition) is 3. The van der Waals surface area contributed by atoms with Gasteiger partial charge in [-0.1, -0.05) is 0 Å². The Hall–Kier alpha value is -3.28. The monoisotopic (exact) mass is 323 g/mol. The molecular formula is C18H17N3O3. The van der Waals surface area contributed by atoms with Gasteiger partial charge in [-0.05, 0) is 48.5 Å². The summed E-state index contributed by atoms with van der Waals surface area (Å²) >= 11 is 0. The molecule has 3 rings (SSSR count). The third-order valence-corrected chi connectivity index (χ3v) is 3.48. The zero-order valence-corrected chi connectivity index (χ0v) is 12.9. The van der Waals surface area contributed by atoms with Crippen LogP contribution in [-0.4, -0.2) is 22.9 Å². The lowest BCUT2D eigenvalue weighted by molar-refractivity contribution is -0.120. The Labute approximate surface area is 139 Å². The number of rotatable bonds is 6. The summed E-state index contributed by atoms with van der Waals surface area (Å²) in [6.45, 7) is 0.214. The number of benzene rings is 1. The van der Waals surface area contributed by atoms with E-state index in [1.54, 1.807) is 30.5 Å². The van der Waals surface area contributed by atoms with Gasteiger partial charge in [0.25, 0.3) is 5.91 Å². The van der Waals surface area contributed by atoms with Gasteiger partial charge in [-0.3, -0.25) is 9.59 Å². The van der Waals surface area contributed by atoms with Gasteiger partial charge < -0.3 is 19.6 Å². The van der Waals surface area contributed by atoms with Crippen molar-refractivity contribution < 1.29 is 14.0 Å². The minimum atomic E-state index is -0.290. The molecule has 0 bridgehead atoms. The maximum Gasteiger partial charge on any atom is 0.251 e. The van der Waals surface area contributed by atoms with E-state index < -0.39 is 0 Å². The van der Waals surface area contributed by atoms with Crippen LogP contribution in [0.5, 0.6) is 0 Å². The van der Waals surface area contributed by atoms with Crippen LogP contribution in [0.3, 0.4) is 0 Å². The van der Waals surface area contributed by atoms with E-state index in [1.165, 1.54) is 0 Å². The van der Waals surface area contributed by atoms with E-state index in [2.05, 4.69) is 10.6 Å². The Morgan fingerprint density at radius 2 is 1.71 bits per heavy atom. The van der Waals surface area contributed by atoms with Crippen molar-refractivity contribution in [1.82, 2.24) is 15.2 Å². The van der Waals surface area contributed by atoms with Gasteiger partial charge in [-0.2, -0.15) is 0 Å². The lowest BCUT2D eigenvalue weighted by Crippen LogP contribution is -2.36. The molecule has 1 aromatic carbocycles. The van der Waals surface area contributed by atoms with Crippen molar-refractivity contribution in [3.8, 4) is 5.69 Å². The maximum absolute atomic E-state index is 12.1. The highest BCUT2D eigenvalue weighted by atomic mass is 16.3. The summed E-state index contributed by atoms with van der Waals surface area (Å²) in [4.78, 5) is 23.8. The van der Waals surface area contributed by atoms with Gasteiger partial charge in [0.1, 0.15) is 5.76 Å². The highest BCUT2D eigenvalue weighted by Crippen LogP contribution is 2.09. The summed E-state index contributed by atoms with van der Waals surface area (Å²) in [5.41, 5.74) is 1.47. The number of nitrogens with zero attached hydrogens (tertiary/aromatic N) is 1. The number of aromatic nitrogens is 1. The third kappa shape index (κ3) is 3.92. The van der Waals surface area contributed by atoms with Crippen molar-refractivity contribution in [2.24, 2.45) is 0 Å². The zero-order chi connectivity index (χ0) is 16.8. The van der Waals surface area contributed by atoms with Gasteiger partial charge >= 0.3 is 0 Å². The zero-order valence-electron chi connectivity index (χ0n) is 12.9. The van der Waals surface area contributed by atoms with E-state index in [0.29, 0.717) is 17.9 Å². The van der Waals surface area contributed by atoms with E-state index in [9.17, 15) is 9.59 Å². The Bertz CT molecular complexity index is 791. The lowest BCUT2D eigenvalue weighted by atomic mass is 10.2. The first kappa shape index (κ1) is 15.6. The summed E-state index contributed by atoms with van der Waals surface area (Å²) in [7, 11) is 0. The Morgan fingerprint density at radius 1 is 0.958 bits per heavy atom. The molecule has 6 heteroatoms. The van der Waals surface area contributed by atoms with Crippen LogP contribution in [0.1, 0.15) is 16.1 Å². The van der Waals surface area contributed by atoms with Gasteiger partial charge in [0, 0.05) is 23.6 Å². The average Bonchev–Trinajstić information content (AvgIpc) is 3.31. The molecule has 3 aromatic rings. The fourth-order valence-electron chi connectivity index (χ4n) is 2.22. The van der Waals surface area contributed by atoms with Crippen molar-refractivity contribution in [3.05, 3.63) is 78.5 Å². The summed E-state index contributed by atoms with van der Waals surface area (Å²) in [6.07, 6.45) is 5.40. The Balaban J connectivity index is 1.48. The number of amides is 2. The topological polar surface area (TPSA) is 76.3 Å². The van der Waals surface area contributed by atoms with Crippen molar-refractivity contribution >= 4 is 11.8 Å². The molecule has 2 N–H and O–H groups in total. The van der Waals surface area contributed by atoms with E-state index in [1.807, 2.05) is 41.2 Å². The number of nitrogens with one attached hydrogen (secondary N) is 2.